The normalized spacial score (nSPS) is 16.9. The molecule has 0 radical (unpaired) electrons. The third-order valence-electron chi connectivity index (χ3n) is 6.12. The zero-order valence-electron chi connectivity index (χ0n) is 20.2. The van der Waals surface area contributed by atoms with E-state index in [2.05, 4.69) is 10.3 Å². The van der Waals surface area contributed by atoms with Gasteiger partial charge in [0.2, 0.25) is 0 Å². The Bertz CT molecular complexity index is 1450. The summed E-state index contributed by atoms with van der Waals surface area (Å²) < 4.78 is 17.1. The Morgan fingerprint density at radius 2 is 1.95 bits per heavy atom. The van der Waals surface area contributed by atoms with Crippen molar-refractivity contribution < 1.29 is 18.8 Å². The number of rotatable bonds is 9. The molecule has 194 valence electrons. The molecule has 3 heterocycles. The van der Waals surface area contributed by atoms with Crippen molar-refractivity contribution in [3.8, 4) is 17.1 Å². The van der Waals surface area contributed by atoms with Crippen molar-refractivity contribution in [2.45, 2.75) is 12.1 Å². The third-order valence-corrected chi connectivity index (χ3v) is 6.73. The highest BCUT2D eigenvalue weighted by molar-refractivity contribution is 7.80. The van der Waals surface area contributed by atoms with Gasteiger partial charge in [0.25, 0.3) is 5.69 Å². The lowest BCUT2D eigenvalue weighted by molar-refractivity contribution is -0.384. The number of anilines is 1. The number of benzene rings is 2. The van der Waals surface area contributed by atoms with Gasteiger partial charge in [0.1, 0.15) is 29.9 Å². The van der Waals surface area contributed by atoms with Crippen molar-refractivity contribution >= 4 is 40.3 Å². The average Bonchev–Trinajstić information content (AvgIpc) is 3.55. The molecule has 5 rings (SSSR count). The summed E-state index contributed by atoms with van der Waals surface area (Å²) in [5, 5.41) is 15.3. The van der Waals surface area contributed by atoms with Crippen LogP contribution in [0, 0.1) is 10.1 Å². The second-order valence-electron chi connectivity index (χ2n) is 8.46. The maximum absolute atomic E-state index is 11.0. The summed E-state index contributed by atoms with van der Waals surface area (Å²) >= 11 is 12.3. The van der Waals surface area contributed by atoms with E-state index < -0.39 is 4.92 Å². The second-order valence-corrected chi connectivity index (χ2v) is 9.25. The standard InChI is InChI=1S/C27H23ClN4O5S/c1-35-14-15-36-23-10-9-19(16-20(23)28)31-26(25(30-27(31)38)21-4-2-3-13-29-21)24-12-11-22(37-24)17-5-7-18(8-6-17)32(33)34/h2-13,16,25-26H,14-15H2,1H3,(H,30,38). The van der Waals surface area contributed by atoms with E-state index in [1.54, 1.807) is 37.6 Å². The van der Waals surface area contributed by atoms with E-state index in [1.807, 2.05) is 41.3 Å². The van der Waals surface area contributed by atoms with Crippen LogP contribution in [0.4, 0.5) is 11.4 Å². The van der Waals surface area contributed by atoms with Crippen molar-refractivity contribution in [3.05, 3.63) is 106 Å². The van der Waals surface area contributed by atoms with Gasteiger partial charge in [0, 0.05) is 36.7 Å². The molecule has 0 spiro atoms. The summed E-state index contributed by atoms with van der Waals surface area (Å²) in [6.45, 7) is 0.822. The van der Waals surface area contributed by atoms with Crippen LogP contribution in [-0.2, 0) is 4.74 Å². The van der Waals surface area contributed by atoms with Gasteiger partial charge in [0.05, 0.1) is 28.3 Å². The van der Waals surface area contributed by atoms with Crippen LogP contribution in [-0.4, -0.2) is 35.3 Å². The molecule has 11 heteroatoms. The predicted molar refractivity (Wildman–Crippen MR) is 148 cm³/mol. The number of nitro benzene ring substituents is 1. The number of thiocarbonyl (C=S) groups is 1. The molecule has 0 saturated carbocycles. The molecular weight excluding hydrogens is 528 g/mol. The first-order valence-electron chi connectivity index (χ1n) is 11.7. The molecule has 2 atom stereocenters. The number of nitro groups is 1. The molecule has 1 fully saturated rings. The fourth-order valence-electron chi connectivity index (χ4n) is 4.33. The average molecular weight is 551 g/mol. The minimum Gasteiger partial charge on any atom is -0.490 e. The summed E-state index contributed by atoms with van der Waals surface area (Å²) in [6.07, 6.45) is 1.73. The molecule has 4 aromatic rings. The zero-order chi connectivity index (χ0) is 26.6. The molecule has 38 heavy (non-hydrogen) atoms. The van der Waals surface area contributed by atoms with E-state index in [4.69, 9.17) is 37.7 Å². The lowest BCUT2D eigenvalue weighted by atomic mass is 10.0. The smallest absolute Gasteiger partial charge is 0.269 e. The van der Waals surface area contributed by atoms with Crippen LogP contribution in [0.2, 0.25) is 5.02 Å². The van der Waals surface area contributed by atoms with Crippen LogP contribution in [0.3, 0.4) is 0 Å². The van der Waals surface area contributed by atoms with E-state index in [0.29, 0.717) is 40.6 Å². The first-order chi connectivity index (χ1) is 18.5. The molecule has 0 amide bonds. The number of pyridine rings is 1. The van der Waals surface area contributed by atoms with Crippen LogP contribution >= 0.6 is 23.8 Å². The Balaban J connectivity index is 1.51. The first kappa shape index (κ1) is 25.7. The van der Waals surface area contributed by atoms with Gasteiger partial charge in [-0.1, -0.05) is 17.7 Å². The summed E-state index contributed by atoms with van der Waals surface area (Å²) in [5.41, 5.74) is 2.28. The maximum atomic E-state index is 11.0. The van der Waals surface area contributed by atoms with Crippen molar-refractivity contribution in [1.29, 1.82) is 0 Å². The van der Waals surface area contributed by atoms with Gasteiger partial charge in [-0.25, -0.2) is 0 Å². The van der Waals surface area contributed by atoms with E-state index >= 15 is 0 Å². The molecule has 2 aromatic heterocycles. The van der Waals surface area contributed by atoms with Gasteiger partial charge in [-0.3, -0.25) is 15.1 Å². The van der Waals surface area contributed by atoms with Crippen molar-refractivity contribution in [2.24, 2.45) is 0 Å². The van der Waals surface area contributed by atoms with Crippen molar-refractivity contribution in [3.63, 3.8) is 0 Å². The van der Waals surface area contributed by atoms with Crippen LogP contribution in [0.25, 0.3) is 11.3 Å². The number of ether oxygens (including phenoxy) is 2. The van der Waals surface area contributed by atoms with Gasteiger partial charge in [-0.15, -0.1) is 0 Å². The Morgan fingerprint density at radius 3 is 2.63 bits per heavy atom. The number of halogens is 1. The number of aromatic nitrogens is 1. The van der Waals surface area contributed by atoms with Gasteiger partial charge in [-0.2, -0.15) is 0 Å². The Hall–Kier alpha value is -3.99. The van der Waals surface area contributed by atoms with Crippen molar-refractivity contribution in [2.75, 3.05) is 25.2 Å². The molecular formula is C27H23ClN4O5S. The number of nitrogens with one attached hydrogen (secondary N) is 1. The van der Waals surface area contributed by atoms with Gasteiger partial charge >= 0.3 is 0 Å². The molecule has 2 aromatic carbocycles. The fourth-order valence-corrected chi connectivity index (χ4v) is 4.90. The molecule has 1 saturated heterocycles. The summed E-state index contributed by atoms with van der Waals surface area (Å²) in [7, 11) is 1.61. The molecule has 1 aliphatic rings. The molecule has 0 bridgehead atoms. The summed E-state index contributed by atoms with van der Waals surface area (Å²) in [6, 6.07) is 20.4. The number of hydrogen-bond acceptors (Lipinski definition) is 7. The molecule has 1 N–H and O–H groups in total. The minimum atomic E-state index is -0.434. The predicted octanol–water partition coefficient (Wildman–Crippen LogP) is 6.11. The quantitative estimate of drug-likeness (QED) is 0.114. The van der Waals surface area contributed by atoms with Crippen LogP contribution in [0.1, 0.15) is 23.5 Å². The molecule has 2 unspecified atom stereocenters. The fraction of sp³-hybridized carbons (Fsp3) is 0.185. The SMILES string of the molecule is COCCOc1ccc(N2C(=S)NC(c3ccccn3)C2c2ccc(-c3ccc([N+](=O)[O-])cc3)o2)cc1Cl. The van der Waals surface area contributed by atoms with Gasteiger partial charge in [0.15, 0.2) is 5.11 Å². The van der Waals surface area contributed by atoms with Crippen molar-refractivity contribution in [1.82, 2.24) is 10.3 Å². The Kier molecular flexibility index (Phi) is 7.54. The lowest BCUT2D eigenvalue weighted by Crippen LogP contribution is -2.29. The van der Waals surface area contributed by atoms with Crippen LogP contribution in [0.5, 0.6) is 5.75 Å². The third kappa shape index (κ3) is 5.19. The second kappa shape index (κ2) is 11.2. The Labute approximate surface area is 229 Å². The van der Waals surface area contributed by atoms with Gasteiger partial charge < -0.3 is 24.1 Å². The highest BCUT2D eigenvalue weighted by Crippen LogP contribution is 2.44. The minimum absolute atomic E-state index is 0.0128. The number of nitrogens with zero attached hydrogens (tertiary/aromatic N) is 3. The van der Waals surface area contributed by atoms with Crippen LogP contribution in [0.15, 0.2) is 83.4 Å². The number of hydrogen-bond donors (Lipinski definition) is 1. The van der Waals surface area contributed by atoms with E-state index in [-0.39, 0.29) is 17.8 Å². The lowest BCUT2D eigenvalue weighted by Gasteiger charge is -2.26. The summed E-state index contributed by atoms with van der Waals surface area (Å²) in [4.78, 5) is 17.1. The monoisotopic (exact) mass is 550 g/mol. The maximum Gasteiger partial charge on any atom is 0.269 e. The summed E-state index contributed by atoms with van der Waals surface area (Å²) in [5.74, 6) is 1.76. The Morgan fingerprint density at radius 1 is 1.13 bits per heavy atom. The van der Waals surface area contributed by atoms with Crippen LogP contribution < -0.4 is 15.0 Å². The molecule has 9 nitrogen and oxygen atoms in total. The first-order valence-corrected chi connectivity index (χ1v) is 12.5. The van der Waals surface area contributed by atoms with E-state index in [1.165, 1.54) is 12.1 Å². The van der Waals surface area contributed by atoms with E-state index in [0.717, 1.165) is 16.9 Å². The molecule has 0 aliphatic carbocycles. The number of furan rings is 1. The largest absolute Gasteiger partial charge is 0.490 e. The zero-order valence-corrected chi connectivity index (χ0v) is 21.8. The molecule has 1 aliphatic heterocycles. The number of methoxy groups -OCH3 is 1. The highest BCUT2D eigenvalue weighted by Gasteiger charge is 2.42. The topological polar surface area (TPSA) is 103 Å². The van der Waals surface area contributed by atoms with E-state index in [9.17, 15) is 10.1 Å². The number of non-ortho nitro benzene ring substituents is 1. The highest BCUT2D eigenvalue weighted by atomic mass is 35.5. The van der Waals surface area contributed by atoms with Gasteiger partial charge in [-0.05, 0) is 66.8 Å².